The molecular formula is C14H21N3O4. The van der Waals surface area contributed by atoms with Gasteiger partial charge in [-0.15, -0.1) is 0 Å². The topological polar surface area (TPSA) is 106 Å². The molecule has 0 unspecified atom stereocenters. The normalized spacial score (nSPS) is 11.0. The van der Waals surface area contributed by atoms with Crippen molar-refractivity contribution >= 4 is 11.7 Å². The average Bonchev–Trinajstić information content (AvgIpc) is 2.52. The Morgan fingerprint density at radius 2 is 1.90 bits per heavy atom. The number of ether oxygens (including phenoxy) is 2. The molecule has 0 spiro atoms. The Kier molecular flexibility index (Phi) is 6.86. The van der Waals surface area contributed by atoms with Crippen LogP contribution in [0.25, 0.3) is 0 Å². The number of nitrogens with one attached hydrogen (secondary N) is 1. The lowest BCUT2D eigenvalue weighted by atomic mass is 10.1. The van der Waals surface area contributed by atoms with Gasteiger partial charge in [0.1, 0.15) is 22.9 Å². The van der Waals surface area contributed by atoms with Gasteiger partial charge in [0.05, 0.1) is 14.2 Å². The van der Waals surface area contributed by atoms with Gasteiger partial charge < -0.3 is 25.7 Å². The van der Waals surface area contributed by atoms with Crippen LogP contribution in [0.3, 0.4) is 0 Å². The Morgan fingerprint density at radius 3 is 2.43 bits per heavy atom. The predicted octanol–water partition coefficient (Wildman–Crippen LogP) is 1.35. The lowest BCUT2D eigenvalue weighted by Crippen LogP contribution is -2.25. The quantitative estimate of drug-likeness (QED) is 0.221. The van der Waals surface area contributed by atoms with Gasteiger partial charge in [-0.3, -0.25) is 4.79 Å². The highest BCUT2D eigenvalue weighted by molar-refractivity contribution is 5.99. The molecule has 21 heavy (non-hydrogen) atoms. The number of carbonyl (C=O) groups excluding carboxylic acids is 1. The number of unbranched alkanes of at least 4 members (excludes halogenated alkanes) is 1. The van der Waals surface area contributed by atoms with E-state index in [1.165, 1.54) is 14.2 Å². The van der Waals surface area contributed by atoms with E-state index in [9.17, 15) is 4.79 Å². The SMILES string of the molecule is COc1cccc(OC)c1C(=O)NCCCCC(N)=NO. The summed E-state index contributed by atoms with van der Waals surface area (Å²) in [5.74, 6) is 0.854. The molecule has 0 fully saturated rings. The van der Waals surface area contributed by atoms with Crippen LogP contribution in [0, 0.1) is 0 Å². The second-order valence-corrected chi connectivity index (χ2v) is 4.34. The van der Waals surface area contributed by atoms with Crippen LogP contribution in [-0.4, -0.2) is 37.7 Å². The summed E-state index contributed by atoms with van der Waals surface area (Å²) in [6, 6.07) is 5.16. The van der Waals surface area contributed by atoms with Gasteiger partial charge in [-0.1, -0.05) is 11.2 Å². The van der Waals surface area contributed by atoms with Crippen LogP contribution in [0.15, 0.2) is 23.4 Å². The van der Waals surface area contributed by atoms with E-state index in [-0.39, 0.29) is 11.7 Å². The highest BCUT2D eigenvalue weighted by atomic mass is 16.5. The third kappa shape index (κ3) is 4.87. The standard InChI is InChI=1S/C14H21N3O4/c1-20-10-6-5-7-11(21-2)13(10)14(18)16-9-4-3-8-12(15)17-19/h5-7,19H,3-4,8-9H2,1-2H3,(H2,15,17)(H,16,18). The maximum Gasteiger partial charge on any atom is 0.258 e. The monoisotopic (exact) mass is 295 g/mol. The van der Waals surface area contributed by atoms with Gasteiger partial charge in [-0.05, 0) is 25.0 Å². The molecule has 0 heterocycles. The molecule has 0 aromatic heterocycles. The molecule has 0 saturated heterocycles. The van der Waals surface area contributed by atoms with Crippen molar-refractivity contribution in [3.05, 3.63) is 23.8 Å². The number of nitrogens with zero attached hydrogens (tertiary/aromatic N) is 1. The molecule has 0 atom stereocenters. The summed E-state index contributed by atoms with van der Waals surface area (Å²) in [6.45, 7) is 0.485. The number of methoxy groups -OCH3 is 2. The zero-order valence-corrected chi connectivity index (χ0v) is 12.3. The van der Waals surface area contributed by atoms with E-state index in [2.05, 4.69) is 10.5 Å². The molecule has 0 aliphatic rings. The molecule has 0 radical (unpaired) electrons. The second kappa shape index (κ2) is 8.68. The molecule has 116 valence electrons. The van der Waals surface area contributed by atoms with Gasteiger partial charge in [0, 0.05) is 13.0 Å². The number of nitrogens with two attached hydrogens (primary N) is 1. The van der Waals surface area contributed by atoms with Crippen LogP contribution in [-0.2, 0) is 0 Å². The summed E-state index contributed by atoms with van der Waals surface area (Å²) in [4.78, 5) is 12.2. The Labute approximate surface area is 123 Å². The minimum atomic E-state index is -0.256. The molecule has 1 amide bonds. The van der Waals surface area contributed by atoms with Gasteiger partial charge in [-0.25, -0.2) is 0 Å². The Balaban J connectivity index is 2.56. The summed E-state index contributed by atoms with van der Waals surface area (Å²) in [5, 5.41) is 14.1. The molecule has 0 aliphatic heterocycles. The van der Waals surface area contributed by atoms with Crippen molar-refractivity contribution < 1.29 is 19.5 Å². The molecule has 0 bridgehead atoms. The number of carbonyl (C=O) groups is 1. The summed E-state index contributed by atoms with van der Waals surface area (Å²) >= 11 is 0. The average molecular weight is 295 g/mol. The number of amides is 1. The molecule has 7 heteroatoms. The van der Waals surface area contributed by atoms with Crippen molar-refractivity contribution in [1.82, 2.24) is 5.32 Å². The van der Waals surface area contributed by atoms with Crippen molar-refractivity contribution in [1.29, 1.82) is 0 Å². The third-order valence-corrected chi connectivity index (χ3v) is 2.93. The lowest BCUT2D eigenvalue weighted by Gasteiger charge is -2.12. The van der Waals surface area contributed by atoms with E-state index in [0.29, 0.717) is 30.0 Å². The van der Waals surface area contributed by atoms with E-state index >= 15 is 0 Å². The van der Waals surface area contributed by atoms with Gasteiger partial charge >= 0.3 is 0 Å². The van der Waals surface area contributed by atoms with Crippen LogP contribution in [0.4, 0.5) is 0 Å². The van der Waals surface area contributed by atoms with Gasteiger partial charge in [0.15, 0.2) is 0 Å². The fourth-order valence-corrected chi connectivity index (χ4v) is 1.85. The summed E-state index contributed by atoms with van der Waals surface area (Å²) in [6.07, 6.45) is 1.93. The molecule has 7 nitrogen and oxygen atoms in total. The van der Waals surface area contributed by atoms with Gasteiger partial charge in [-0.2, -0.15) is 0 Å². The summed E-state index contributed by atoms with van der Waals surface area (Å²) in [7, 11) is 3.01. The first-order chi connectivity index (χ1) is 10.1. The van der Waals surface area contributed by atoms with Crippen molar-refractivity contribution in [2.24, 2.45) is 10.9 Å². The highest BCUT2D eigenvalue weighted by Crippen LogP contribution is 2.27. The number of hydrogen-bond donors (Lipinski definition) is 3. The molecule has 1 rings (SSSR count). The van der Waals surface area contributed by atoms with Crippen LogP contribution in [0.2, 0.25) is 0 Å². The zero-order chi connectivity index (χ0) is 15.7. The summed E-state index contributed by atoms with van der Waals surface area (Å²) in [5.41, 5.74) is 5.74. The van der Waals surface area contributed by atoms with E-state index in [1.54, 1.807) is 18.2 Å². The van der Waals surface area contributed by atoms with E-state index in [4.69, 9.17) is 20.4 Å². The summed E-state index contributed by atoms with van der Waals surface area (Å²) < 4.78 is 10.4. The molecule has 1 aromatic rings. The van der Waals surface area contributed by atoms with E-state index < -0.39 is 0 Å². The Bertz CT molecular complexity index is 481. The van der Waals surface area contributed by atoms with E-state index in [0.717, 1.165) is 12.8 Å². The molecule has 1 aromatic carbocycles. The van der Waals surface area contributed by atoms with Crippen molar-refractivity contribution in [2.75, 3.05) is 20.8 Å². The number of amidine groups is 1. The van der Waals surface area contributed by atoms with Crippen LogP contribution >= 0.6 is 0 Å². The first-order valence-electron chi connectivity index (χ1n) is 6.59. The second-order valence-electron chi connectivity index (χ2n) is 4.34. The minimum absolute atomic E-state index is 0.188. The number of rotatable bonds is 8. The largest absolute Gasteiger partial charge is 0.496 e. The van der Waals surface area contributed by atoms with Crippen LogP contribution in [0.5, 0.6) is 11.5 Å². The van der Waals surface area contributed by atoms with Gasteiger partial charge in [0.25, 0.3) is 5.91 Å². The van der Waals surface area contributed by atoms with Crippen molar-refractivity contribution in [3.63, 3.8) is 0 Å². The fraction of sp³-hybridized carbons (Fsp3) is 0.429. The number of benzene rings is 1. The maximum absolute atomic E-state index is 12.2. The predicted molar refractivity (Wildman–Crippen MR) is 79.1 cm³/mol. The van der Waals surface area contributed by atoms with Crippen molar-refractivity contribution in [2.45, 2.75) is 19.3 Å². The zero-order valence-electron chi connectivity index (χ0n) is 12.3. The fourth-order valence-electron chi connectivity index (χ4n) is 1.85. The first-order valence-corrected chi connectivity index (χ1v) is 6.59. The molecule has 0 saturated carbocycles. The van der Waals surface area contributed by atoms with E-state index in [1.807, 2.05) is 0 Å². The highest BCUT2D eigenvalue weighted by Gasteiger charge is 2.17. The minimum Gasteiger partial charge on any atom is -0.496 e. The molecule has 0 aliphatic carbocycles. The van der Waals surface area contributed by atoms with Crippen LogP contribution < -0.4 is 20.5 Å². The van der Waals surface area contributed by atoms with Gasteiger partial charge in [0.2, 0.25) is 0 Å². The molecular weight excluding hydrogens is 274 g/mol. The number of oxime groups is 1. The molecule has 4 N–H and O–H groups in total. The Hall–Kier alpha value is -2.44. The van der Waals surface area contributed by atoms with Crippen LogP contribution in [0.1, 0.15) is 29.6 Å². The first kappa shape index (κ1) is 16.6. The third-order valence-electron chi connectivity index (χ3n) is 2.93. The smallest absolute Gasteiger partial charge is 0.258 e. The number of hydrogen-bond acceptors (Lipinski definition) is 5. The maximum atomic E-state index is 12.2. The lowest BCUT2D eigenvalue weighted by molar-refractivity contribution is 0.0947. The van der Waals surface area contributed by atoms with Crippen molar-refractivity contribution in [3.8, 4) is 11.5 Å². The Morgan fingerprint density at radius 1 is 1.29 bits per heavy atom.